The van der Waals surface area contributed by atoms with Crippen molar-refractivity contribution in [2.24, 2.45) is 0 Å². The van der Waals surface area contributed by atoms with Crippen LogP contribution in [0.4, 0.5) is 0 Å². The van der Waals surface area contributed by atoms with Crippen molar-refractivity contribution in [3.8, 4) is 0 Å². The van der Waals surface area contributed by atoms with E-state index in [0.29, 0.717) is 0 Å². The van der Waals surface area contributed by atoms with Gasteiger partial charge in [-0.3, -0.25) is 0 Å². The van der Waals surface area contributed by atoms with E-state index in [1.54, 1.807) is 0 Å². The maximum absolute atomic E-state index is 3.47. The summed E-state index contributed by atoms with van der Waals surface area (Å²) in [7, 11) is 2.15. The second kappa shape index (κ2) is 6.64. The van der Waals surface area contributed by atoms with Gasteiger partial charge in [0.2, 0.25) is 0 Å². The van der Waals surface area contributed by atoms with E-state index in [1.807, 2.05) is 0 Å². The van der Waals surface area contributed by atoms with Gasteiger partial charge in [-0.2, -0.15) is 0 Å². The quantitative estimate of drug-likeness (QED) is 0.688. The van der Waals surface area contributed by atoms with Crippen LogP contribution in [0, 0.1) is 0 Å². The van der Waals surface area contributed by atoms with E-state index in [0.717, 1.165) is 32.7 Å². The maximum atomic E-state index is 3.47. The Kier molecular flexibility index (Phi) is 5.43. The molecule has 0 aromatic carbocycles. The molecule has 86 valence electrons. The highest BCUT2D eigenvalue weighted by Crippen LogP contribution is 2.00. The molecule has 0 spiro atoms. The van der Waals surface area contributed by atoms with Crippen LogP contribution in [0.25, 0.3) is 0 Å². The third kappa shape index (κ3) is 4.06. The van der Waals surface area contributed by atoms with Crippen LogP contribution in [-0.4, -0.2) is 36.1 Å². The number of aromatic nitrogens is 1. The van der Waals surface area contributed by atoms with E-state index in [-0.39, 0.29) is 0 Å². The van der Waals surface area contributed by atoms with Crippen molar-refractivity contribution in [3.63, 3.8) is 0 Å². The molecule has 1 aromatic heterocycles. The third-order valence-electron chi connectivity index (χ3n) is 2.78. The Morgan fingerprint density at radius 3 is 2.87 bits per heavy atom. The molecule has 1 aromatic rings. The minimum Gasteiger partial charge on any atom is -0.351 e. The first-order chi connectivity index (χ1) is 7.27. The first-order valence-electron chi connectivity index (χ1n) is 5.81. The van der Waals surface area contributed by atoms with Gasteiger partial charge in [-0.15, -0.1) is 0 Å². The van der Waals surface area contributed by atoms with Gasteiger partial charge in [0.05, 0.1) is 0 Å². The highest BCUT2D eigenvalue weighted by atomic mass is 15.1. The topological polar surface area (TPSA) is 20.2 Å². The van der Waals surface area contributed by atoms with Gasteiger partial charge in [0.15, 0.2) is 0 Å². The highest BCUT2D eigenvalue weighted by molar-refractivity contribution is 5.06. The standard InChI is InChI=1S/C12H23N3/c1-4-14(3)10-8-13-11-12-7-6-9-15(12)5-2/h6-7,9,13H,4-5,8,10-11H2,1-3H3. The Morgan fingerprint density at radius 1 is 1.40 bits per heavy atom. The molecule has 0 saturated carbocycles. The fraction of sp³-hybridized carbons (Fsp3) is 0.667. The molecule has 0 unspecified atom stereocenters. The fourth-order valence-electron chi connectivity index (χ4n) is 1.56. The van der Waals surface area contributed by atoms with E-state index < -0.39 is 0 Å². The van der Waals surface area contributed by atoms with Gasteiger partial charge in [-0.25, -0.2) is 0 Å². The van der Waals surface area contributed by atoms with Crippen molar-refractivity contribution in [1.82, 2.24) is 14.8 Å². The fourth-order valence-corrected chi connectivity index (χ4v) is 1.56. The van der Waals surface area contributed by atoms with Crippen LogP contribution < -0.4 is 5.32 Å². The summed E-state index contributed by atoms with van der Waals surface area (Å²) in [5, 5.41) is 3.47. The lowest BCUT2D eigenvalue weighted by Gasteiger charge is -2.14. The molecular weight excluding hydrogens is 186 g/mol. The third-order valence-corrected chi connectivity index (χ3v) is 2.78. The largest absolute Gasteiger partial charge is 0.351 e. The molecule has 0 aliphatic heterocycles. The first kappa shape index (κ1) is 12.3. The van der Waals surface area contributed by atoms with Gasteiger partial charge in [0.25, 0.3) is 0 Å². The van der Waals surface area contributed by atoms with Crippen LogP contribution in [-0.2, 0) is 13.1 Å². The Hall–Kier alpha value is -0.800. The molecule has 1 N–H and O–H groups in total. The lowest BCUT2D eigenvalue weighted by molar-refractivity contribution is 0.348. The van der Waals surface area contributed by atoms with Crippen LogP contribution in [0.1, 0.15) is 19.5 Å². The predicted molar refractivity (Wildman–Crippen MR) is 65.0 cm³/mol. The van der Waals surface area contributed by atoms with Crippen molar-refractivity contribution in [2.75, 3.05) is 26.7 Å². The Bertz CT molecular complexity index is 268. The van der Waals surface area contributed by atoms with Gasteiger partial charge in [0, 0.05) is 38.1 Å². The summed E-state index contributed by atoms with van der Waals surface area (Å²) in [6.45, 7) is 9.67. The zero-order chi connectivity index (χ0) is 11.1. The average molecular weight is 209 g/mol. The van der Waals surface area contributed by atoms with Gasteiger partial charge in [-0.05, 0) is 32.6 Å². The summed E-state index contributed by atoms with van der Waals surface area (Å²) in [5.41, 5.74) is 1.37. The lowest BCUT2D eigenvalue weighted by atomic mass is 10.4. The predicted octanol–water partition coefficient (Wildman–Crippen LogP) is 1.55. The number of hydrogen-bond acceptors (Lipinski definition) is 2. The number of aryl methyl sites for hydroxylation is 1. The summed E-state index contributed by atoms with van der Waals surface area (Å²) in [4.78, 5) is 2.31. The monoisotopic (exact) mass is 209 g/mol. The molecule has 0 bridgehead atoms. The molecule has 15 heavy (non-hydrogen) atoms. The summed E-state index contributed by atoms with van der Waals surface area (Å²) in [6, 6.07) is 4.29. The zero-order valence-corrected chi connectivity index (χ0v) is 10.2. The molecule has 1 heterocycles. The summed E-state index contributed by atoms with van der Waals surface area (Å²) >= 11 is 0. The lowest BCUT2D eigenvalue weighted by Crippen LogP contribution is -2.29. The van der Waals surface area contributed by atoms with Crippen molar-refractivity contribution < 1.29 is 0 Å². The van der Waals surface area contributed by atoms with Crippen molar-refractivity contribution >= 4 is 0 Å². The zero-order valence-electron chi connectivity index (χ0n) is 10.2. The smallest absolute Gasteiger partial charge is 0.0359 e. The maximum Gasteiger partial charge on any atom is 0.0359 e. The second-order valence-corrected chi connectivity index (χ2v) is 3.86. The Balaban J connectivity index is 2.20. The van der Waals surface area contributed by atoms with Crippen LogP contribution >= 0.6 is 0 Å². The van der Waals surface area contributed by atoms with Gasteiger partial charge >= 0.3 is 0 Å². The molecule has 1 rings (SSSR count). The van der Waals surface area contributed by atoms with Crippen LogP contribution in [0.2, 0.25) is 0 Å². The molecule has 0 amide bonds. The number of hydrogen-bond donors (Lipinski definition) is 1. The molecule has 0 saturated heterocycles. The number of nitrogens with one attached hydrogen (secondary N) is 1. The minimum absolute atomic E-state index is 0.971. The Labute approximate surface area is 93.1 Å². The molecule has 0 aliphatic rings. The number of rotatable bonds is 7. The summed E-state index contributed by atoms with van der Waals surface area (Å²) < 4.78 is 2.27. The van der Waals surface area contributed by atoms with E-state index in [2.05, 4.69) is 54.0 Å². The molecule has 3 heteroatoms. The SMILES string of the molecule is CCN(C)CCNCc1cccn1CC. The molecule has 0 radical (unpaired) electrons. The van der Waals surface area contributed by atoms with Crippen molar-refractivity contribution in [2.45, 2.75) is 26.9 Å². The molecular formula is C12H23N3. The molecule has 3 nitrogen and oxygen atoms in total. The van der Waals surface area contributed by atoms with Gasteiger partial charge in [-0.1, -0.05) is 6.92 Å². The van der Waals surface area contributed by atoms with Crippen LogP contribution in [0.5, 0.6) is 0 Å². The van der Waals surface area contributed by atoms with E-state index in [4.69, 9.17) is 0 Å². The normalized spacial score (nSPS) is 11.2. The Morgan fingerprint density at radius 2 is 2.20 bits per heavy atom. The summed E-state index contributed by atoms with van der Waals surface area (Å²) in [6.07, 6.45) is 2.13. The summed E-state index contributed by atoms with van der Waals surface area (Å²) in [5.74, 6) is 0. The average Bonchev–Trinajstić information content (AvgIpc) is 2.71. The minimum atomic E-state index is 0.971. The molecule has 0 fully saturated rings. The van der Waals surface area contributed by atoms with E-state index in [1.165, 1.54) is 5.69 Å². The number of nitrogens with zero attached hydrogens (tertiary/aromatic N) is 2. The highest BCUT2D eigenvalue weighted by Gasteiger charge is 1.98. The van der Waals surface area contributed by atoms with Crippen LogP contribution in [0.15, 0.2) is 18.3 Å². The number of likely N-dealkylation sites (N-methyl/N-ethyl adjacent to an activating group) is 1. The molecule has 0 aliphatic carbocycles. The van der Waals surface area contributed by atoms with Gasteiger partial charge in [0.1, 0.15) is 0 Å². The van der Waals surface area contributed by atoms with E-state index >= 15 is 0 Å². The van der Waals surface area contributed by atoms with E-state index in [9.17, 15) is 0 Å². The van der Waals surface area contributed by atoms with Crippen molar-refractivity contribution in [1.29, 1.82) is 0 Å². The molecule has 0 atom stereocenters. The van der Waals surface area contributed by atoms with Crippen LogP contribution in [0.3, 0.4) is 0 Å². The first-order valence-corrected chi connectivity index (χ1v) is 5.81. The second-order valence-electron chi connectivity index (χ2n) is 3.86. The van der Waals surface area contributed by atoms with Gasteiger partial charge < -0.3 is 14.8 Å². The van der Waals surface area contributed by atoms with Crippen molar-refractivity contribution in [3.05, 3.63) is 24.0 Å².